The smallest absolute Gasteiger partial charge is 0.407 e. The van der Waals surface area contributed by atoms with E-state index in [9.17, 15) is 24.6 Å². The minimum absolute atomic E-state index is 0.103. The molecule has 1 amide bonds. The summed E-state index contributed by atoms with van der Waals surface area (Å²) in [6.45, 7) is 4.48. The highest BCUT2D eigenvalue weighted by Gasteiger charge is 2.36. The number of ether oxygens (including phenoxy) is 2. The highest BCUT2D eigenvalue weighted by atomic mass is 16.5. The zero-order chi connectivity index (χ0) is 18.3. The van der Waals surface area contributed by atoms with Crippen molar-refractivity contribution in [2.45, 2.75) is 13.0 Å². The molecule has 1 aromatic carbocycles. The van der Waals surface area contributed by atoms with Gasteiger partial charge in [0.2, 0.25) is 0 Å². The molecule has 0 fully saturated rings. The third-order valence-corrected chi connectivity index (χ3v) is 3.19. The number of ketones is 1. The number of hydrogen-bond donors (Lipinski definition) is 3. The first-order valence-electron chi connectivity index (χ1n) is 6.96. The van der Waals surface area contributed by atoms with E-state index in [1.807, 2.05) is 0 Å². The maximum atomic E-state index is 12.2. The Labute approximate surface area is 138 Å². The number of amides is 1. The fourth-order valence-corrected chi connectivity index (χ4v) is 2.05. The predicted molar refractivity (Wildman–Crippen MR) is 83.4 cm³/mol. The molecule has 1 rings (SSSR count). The Kier molecular flexibility index (Phi) is 6.79. The van der Waals surface area contributed by atoms with E-state index in [0.717, 1.165) is 13.2 Å². The average Bonchev–Trinajstić information content (AvgIpc) is 2.54. The van der Waals surface area contributed by atoms with Crippen molar-refractivity contribution in [1.82, 2.24) is 5.32 Å². The molecule has 1 unspecified atom stereocenters. The summed E-state index contributed by atoms with van der Waals surface area (Å²) in [6.07, 6.45) is 0.458. The van der Waals surface area contributed by atoms with Crippen LogP contribution in [-0.4, -0.2) is 41.8 Å². The van der Waals surface area contributed by atoms with Gasteiger partial charge in [0.25, 0.3) is 0 Å². The molecule has 0 heterocycles. The third kappa shape index (κ3) is 4.73. The van der Waals surface area contributed by atoms with E-state index in [-0.39, 0.29) is 17.9 Å². The number of rotatable bonds is 7. The second-order valence-corrected chi connectivity index (χ2v) is 4.87. The molecule has 0 aliphatic heterocycles. The maximum absolute atomic E-state index is 12.2. The Hall–Kier alpha value is -3.03. The number of aromatic hydroxyl groups is 2. The van der Waals surface area contributed by atoms with Gasteiger partial charge in [0.15, 0.2) is 11.5 Å². The van der Waals surface area contributed by atoms with E-state index in [4.69, 9.17) is 4.74 Å². The van der Waals surface area contributed by atoms with E-state index < -0.39 is 35.6 Å². The van der Waals surface area contributed by atoms with Gasteiger partial charge in [0.05, 0.1) is 13.2 Å². The number of Topliss-reactive ketones (excluding diaryl/α,β-unsaturated/α-hetero) is 1. The second-order valence-electron chi connectivity index (χ2n) is 4.87. The van der Waals surface area contributed by atoms with Crippen molar-refractivity contribution in [2.75, 3.05) is 13.7 Å². The maximum Gasteiger partial charge on any atom is 0.407 e. The third-order valence-electron chi connectivity index (χ3n) is 3.19. The zero-order valence-electron chi connectivity index (χ0n) is 13.3. The van der Waals surface area contributed by atoms with Gasteiger partial charge in [0.1, 0.15) is 18.3 Å². The number of esters is 1. The van der Waals surface area contributed by atoms with Gasteiger partial charge in [-0.2, -0.15) is 0 Å². The molecule has 0 aliphatic rings. The number of nitrogens with one attached hydrogen (secondary N) is 1. The van der Waals surface area contributed by atoms with Crippen molar-refractivity contribution in [3.63, 3.8) is 0 Å². The fraction of sp³-hybridized carbons (Fsp3) is 0.312. The summed E-state index contributed by atoms with van der Waals surface area (Å²) in [5.41, 5.74) is 0.214. The predicted octanol–water partition coefficient (Wildman–Crippen LogP) is 1.43. The number of phenolic OH excluding ortho intramolecular Hbond substituents is 2. The van der Waals surface area contributed by atoms with E-state index in [2.05, 4.69) is 16.6 Å². The molecule has 0 aromatic heterocycles. The van der Waals surface area contributed by atoms with Crippen LogP contribution in [0.3, 0.4) is 0 Å². The Balaban J connectivity index is 3.28. The van der Waals surface area contributed by atoms with E-state index in [0.29, 0.717) is 0 Å². The standard InChI is InChI=1S/C16H19NO7/c1-4-7-24-15(21)13(9(2)18)14(17-16(22)23-3)10-5-6-11(19)12(20)8-10/h4-6,8,13-14,19-20H,1,7H2,2-3H3,(H,17,22)/t13?,14-/m0/s1. The summed E-state index contributed by atoms with van der Waals surface area (Å²) in [4.78, 5) is 35.7. The van der Waals surface area contributed by atoms with E-state index in [1.165, 1.54) is 25.1 Å². The molecule has 8 nitrogen and oxygen atoms in total. The first-order valence-corrected chi connectivity index (χ1v) is 6.96. The van der Waals surface area contributed by atoms with Crippen molar-refractivity contribution in [2.24, 2.45) is 5.92 Å². The van der Waals surface area contributed by atoms with Crippen LogP contribution in [0.15, 0.2) is 30.9 Å². The van der Waals surface area contributed by atoms with Crippen LogP contribution >= 0.6 is 0 Å². The largest absolute Gasteiger partial charge is 0.504 e. The average molecular weight is 337 g/mol. The SMILES string of the molecule is C=CCOC(=O)C(C(C)=O)[C@@H](NC(=O)OC)c1ccc(O)c(O)c1. The Morgan fingerprint density at radius 2 is 1.96 bits per heavy atom. The van der Waals surface area contributed by atoms with Gasteiger partial charge in [-0.3, -0.25) is 9.59 Å². The number of hydrogen-bond acceptors (Lipinski definition) is 7. The van der Waals surface area contributed by atoms with Crippen LogP contribution in [0, 0.1) is 5.92 Å². The van der Waals surface area contributed by atoms with Gasteiger partial charge in [0, 0.05) is 0 Å². The topological polar surface area (TPSA) is 122 Å². The van der Waals surface area contributed by atoms with Crippen LogP contribution in [0.5, 0.6) is 11.5 Å². The van der Waals surface area contributed by atoms with Crippen molar-refractivity contribution >= 4 is 17.8 Å². The Bertz CT molecular complexity index is 641. The Morgan fingerprint density at radius 3 is 2.46 bits per heavy atom. The number of benzene rings is 1. The molecule has 3 N–H and O–H groups in total. The number of carbonyl (C=O) groups is 3. The Morgan fingerprint density at radius 1 is 1.29 bits per heavy atom. The summed E-state index contributed by atoms with van der Waals surface area (Å²) in [5.74, 6) is -3.64. The summed E-state index contributed by atoms with van der Waals surface area (Å²) in [5, 5.41) is 21.4. The molecule has 8 heteroatoms. The lowest BCUT2D eigenvalue weighted by Gasteiger charge is -2.25. The van der Waals surface area contributed by atoms with E-state index in [1.54, 1.807) is 0 Å². The molecule has 0 spiro atoms. The van der Waals surface area contributed by atoms with Crippen LogP contribution < -0.4 is 5.32 Å². The van der Waals surface area contributed by atoms with Crippen molar-refractivity contribution in [3.8, 4) is 11.5 Å². The molecular formula is C16H19NO7. The molecule has 24 heavy (non-hydrogen) atoms. The van der Waals surface area contributed by atoms with Gasteiger partial charge in [-0.15, -0.1) is 0 Å². The van der Waals surface area contributed by atoms with Crippen LogP contribution in [0.1, 0.15) is 18.5 Å². The number of carbonyl (C=O) groups excluding carboxylic acids is 3. The molecule has 0 radical (unpaired) electrons. The van der Waals surface area contributed by atoms with Crippen molar-refractivity contribution in [1.29, 1.82) is 0 Å². The summed E-state index contributed by atoms with van der Waals surface area (Å²) in [7, 11) is 1.12. The van der Waals surface area contributed by atoms with Gasteiger partial charge in [-0.1, -0.05) is 18.7 Å². The molecule has 0 saturated heterocycles. The lowest BCUT2D eigenvalue weighted by atomic mass is 9.89. The van der Waals surface area contributed by atoms with E-state index >= 15 is 0 Å². The molecule has 0 aliphatic carbocycles. The molecule has 130 valence electrons. The lowest BCUT2D eigenvalue weighted by Crippen LogP contribution is -2.40. The monoisotopic (exact) mass is 337 g/mol. The molecule has 2 atom stereocenters. The van der Waals surface area contributed by atoms with Gasteiger partial charge in [-0.25, -0.2) is 4.79 Å². The van der Waals surface area contributed by atoms with Gasteiger partial charge < -0.3 is 25.0 Å². The molecule has 0 bridgehead atoms. The van der Waals surface area contributed by atoms with Crippen LogP contribution in [-0.2, 0) is 19.1 Å². The normalized spacial score (nSPS) is 12.6. The van der Waals surface area contributed by atoms with Gasteiger partial charge >= 0.3 is 12.1 Å². The quantitative estimate of drug-likeness (QED) is 0.298. The first kappa shape index (κ1) is 19.0. The molecule has 1 aromatic rings. The van der Waals surface area contributed by atoms with Crippen molar-refractivity contribution in [3.05, 3.63) is 36.4 Å². The minimum atomic E-state index is -1.37. The zero-order valence-corrected chi connectivity index (χ0v) is 13.3. The summed E-state index contributed by atoms with van der Waals surface area (Å²) < 4.78 is 9.41. The summed E-state index contributed by atoms with van der Waals surface area (Å²) >= 11 is 0. The van der Waals surface area contributed by atoms with Crippen molar-refractivity contribution < 1.29 is 34.1 Å². The van der Waals surface area contributed by atoms with Crippen LogP contribution in [0.2, 0.25) is 0 Å². The number of phenols is 2. The highest BCUT2D eigenvalue weighted by Crippen LogP contribution is 2.31. The number of methoxy groups -OCH3 is 1. The summed E-state index contributed by atoms with van der Waals surface area (Å²) in [6, 6.07) is 2.50. The first-order chi connectivity index (χ1) is 11.3. The highest BCUT2D eigenvalue weighted by molar-refractivity contribution is 5.99. The molecule has 0 saturated carbocycles. The van der Waals surface area contributed by atoms with Crippen LogP contribution in [0.25, 0.3) is 0 Å². The number of alkyl carbamates (subject to hydrolysis) is 1. The minimum Gasteiger partial charge on any atom is -0.504 e. The van der Waals surface area contributed by atoms with Crippen LogP contribution in [0.4, 0.5) is 4.79 Å². The molecular weight excluding hydrogens is 318 g/mol. The van der Waals surface area contributed by atoms with Gasteiger partial charge in [-0.05, 0) is 24.6 Å². The second kappa shape index (κ2) is 8.56. The fourth-order valence-electron chi connectivity index (χ4n) is 2.05. The lowest BCUT2D eigenvalue weighted by molar-refractivity contribution is -0.151.